The molecule has 0 unspecified atom stereocenters. The monoisotopic (exact) mass is 965 g/mol. The van der Waals surface area contributed by atoms with Crippen molar-refractivity contribution in [3.8, 4) is 21.1 Å². The first-order valence-corrected chi connectivity index (χ1v) is 24.1. The molecular weight excluding hydrogens is 906 g/mol. The number of nitrogens with one attached hydrogen (secondary N) is 1. The van der Waals surface area contributed by atoms with Crippen molar-refractivity contribution in [1.82, 2.24) is 14.9 Å². The highest BCUT2D eigenvalue weighted by Crippen LogP contribution is 2.31. The van der Waals surface area contributed by atoms with Crippen LogP contribution < -0.4 is 22.3 Å². The largest absolute Gasteiger partial charge is 0.422 e. The number of hydrogen-bond acceptors (Lipinski definition) is 15. The predicted molar refractivity (Wildman–Crippen MR) is 271 cm³/mol. The Hall–Kier alpha value is -6.51. The molecule has 68 heavy (non-hydrogen) atoms. The maximum Gasteiger partial charge on any atom is 0.373 e. The molecule has 0 saturated heterocycles. The number of thiazole rings is 2. The van der Waals surface area contributed by atoms with E-state index in [1.807, 2.05) is 72.8 Å². The highest BCUT2D eigenvalue weighted by molar-refractivity contribution is 7.22. The number of aromatic nitrogens is 2. The molecule has 8 rings (SSSR count). The van der Waals surface area contributed by atoms with Crippen LogP contribution in [0.1, 0.15) is 87.0 Å². The van der Waals surface area contributed by atoms with Gasteiger partial charge in [-0.3, -0.25) is 4.90 Å². The van der Waals surface area contributed by atoms with Gasteiger partial charge in [-0.2, -0.15) is 19.2 Å². The molecule has 0 aliphatic carbocycles. The van der Waals surface area contributed by atoms with Gasteiger partial charge in [0.05, 0.1) is 31.6 Å². The van der Waals surface area contributed by atoms with Crippen LogP contribution in [0.5, 0.6) is 0 Å². The molecule has 13 nitrogen and oxygen atoms in total. The molecule has 360 valence electrons. The van der Waals surface area contributed by atoms with Crippen LogP contribution >= 0.6 is 22.7 Å². The molecule has 0 amide bonds. The van der Waals surface area contributed by atoms with E-state index in [0.29, 0.717) is 44.2 Å². The van der Waals surface area contributed by atoms with Gasteiger partial charge in [0, 0.05) is 47.2 Å². The normalized spacial score (nSPS) is 10.4. The van der Waals surface area contributed by atoms with E-state index >= 15 is 0 Å². The summed E-state index contributed by atoms with van der Waals surface area (Å²) in [5.74, 6) is -0.432. The summed E-state index contributed by atoms with van der Waals surface area (Å²) in [5, 5.41) is 6.26. The first-order valence-electron chi connectivity index (χ1n) is 22.5. The van der Waals surface area contributed by atoms with Crippen molar-refractivity contribution in [1.29, 1.82) is 0 Å². The number of benzene rings is 4. The van der Waals surface area contributed by atoms with E-state index in [1.165, 1.54) is 66.9 Å². The summed E-state index contributed by atoms with van der Waals surface area (Å²) in [4.78, 5) is 68.6. The second-order valence-electron chi connectivity index (χ2n) is 15.6. The van der Waals surface area contributed by atoms with E-state index in [9.17, 15) is 14.0 Å². The van der Waals surface area contributed by atoms with E-state index < -0.39 is 11.4 Å². The second kappa shape index (κ2) is 30.0. The van der Waals surface area contributed by atoms with E-state index in [2.05, 4.69) is 68.7 Å². The Kier molecular flexibility index (Phi) is 24.6. The molecule has 0 bridgehead atoms. The smallest absolute Gasteiger partial charge is 0.373 e. The van der Waals surface area contributed by atoms with Gasteiger partial charge >= 0.3 is 23.6 Å². The van der Waals surface area contributed by atoms with Crippen molar-refractivity contribution in [2.75, 3.05) is 25.0 Å². The fourth-order valence-electron chi connectivity index (χ4n) is 6.91. The maximum absolute atomic E-state index is 13.2. The Morgan fingerprint density at radius 1 is 0.647 bits per heavy atom. The summed E-state index contributed by atoms with van der Waals surface area (Å²) in [6.07, 6.45) is 7.79. The van der Waals surface area contributed by atoms with Crippen molar-refractivity contribution in [3.63, 3.8) is 0 Å². The molecule has 0 aliphatic rings. The lowest BCUT2D eigenvalue weighted by molar-refractivity contribution is -0.193. The number of hydrogen-bond donors (Lipinski definition) is 2. The Morgan fingerprint density at radius 3 is 1.51 bits per heavy atom. The Balaban J connectivity index is 0.000000259. The van der Waals surface area contributed by atoms with Gasteiger partial charge < -0.3 is 19.9 Å². The minimum absolute atomic E-state index is 0.241. The lowest BCUT2D eigenvalue weighted by Gasteiger charge is -2.28. The molecule has 0 aliphatic heterocycles. The van der Waals surface area contributed by atoms with Gasteiger partial charge in [-0.1, -0.05) is 70.7 Å². The average molecular weight is 966 g/mol. The minimum Gasteiger partial charge on any atom is -0.422 e. The van der Waals surface area contributed by atoms with Gasteiger partial charge in [-0.05, 0) is 114 Å². The number of halogens is 1. The lowest BCUT2D eigenvalue weighted by atomic mass is 10.1. The number of unbranched alkanes of at least 4 members (excludes halogenated alkanes) is 4. The van der Waals surface area contributed by atoms with Gasteiger partial charge in [0.25, 0.3) is 0 Å². The van der Waals surface area contributed by atoms with E-state index in [0.717, 1.165) is 57.6 Å². The van der Waals surface area contributed by atoms with Crippen molar-refractivity contribution < 1.29 is 32.4 Å². The zero-order chi connectivity index (χ0) is 50.0. The Morgan fingerprint density at radius 2 is 1.10 bits per heavy atom. The Bertz CT molecular complexity index is 2880. The van der Waals surface area contributed by atoms with Gasteiger partial charge in [0.1, 0.15) is 27.0 Å². The van der Waals surface area contributed by atoms with Crippen LogP contribution in [0.25, 0.3) is 63.5 Å². The third-order valence-corrected chi connectivity index (χ3v) is 12.2. The quantitative estimate of drug-likeness (QED) is 0.0819. The van der Waals surface area contributed by atoms with E-state index in [1.54, 1.807) is 12.1 Å². The van der Waals surface area contributed by atoms with Crippen molar-refractivity contribution in [2.45, 2.75) is 99.1 Å². The fourth-order valence-corrected chi connectivity index (χ4v) is 8.85. The molecule has 0 fully saturated rings. The van der Waals surface area contributed by atoms with Gasteiger partial charge in [-0.15, -0.1) is 22.7 Å². The molecule has 4 aromatic carbocycles. The topological polar surface area (TPSA) is 196 Å². The molecule has 3 N–H and O–H groups in total. The van der Waals surface area contributed by atoms with Crippen LogP contribution in [0.15, 0.2) is 115 Å². The number of fused-ring (bicyclic) bond motifs is 4. The van der Waals surface area contributed by atoms with Crippen LogP contribution in [0.3, 0.4) is 0 Å². The minimum atomic E-state index is -0.507. The van der Waals surface area contributed by atoms with Gasteiger partial charge in [0.2, 0.25) is 0 Å². The number of anilines is 1. The van der Waals surface area contributed by atoms with E-state index in [4.69, 9.17) is 33.7 Å². The van der Waals surface area contributed by atoms with Crippen LogP contribution in [0, 0.1) is 5.82 Å². The predicted octanol–water partition coefficient (Wildman–Crippen LogP) is 12.0. The van der Waals surface area contributed by atoms with Crippen molar-refractivity contribution in [3.05, 3.63) is 124 Å². The molecule has 0 atom stereocenters. The maximum atomic E-state index is 13.2. The molecule has 0 spiro atoms. The summed E-state index contributed by atoms with van der Waals surface area (Å²) in [7, 11) is 0. The first-order chi connectivity index (χ1) is 32.8. The number of carbonyl (C=O) groups excluding carboxylic acids is 4. The van der Waals surface area contributed by atoms with Crippen LogP contribution in [-0.4, -0.2) is 58.9 Å². The number of nitrogens with zero attached hydrogens (tertiary/aromatic N) is 3. The lowest BCUT2D eigenvalue weighted by Crippen LogP contribution is -2.36. The SMILES string of the molecule is CCCCCN.CCCCCNc1ccc2cc(-c3nc4ccccc4s3)c(=O)oc2c1.CCN(C(C)C)C(C)C.O=C=O.O=C=O.O=c1oc2cc(F)ccc2cc1-c1nc2ccccc2s1. The second-order valence-corrected chi connectivity index (χ2v) is 17.7. The molecular formula is C52H60FN5O8S2. The third-order valence-electron chi connectivity index (χ3n) is 10.1. The molecule has 0 saturated carbocycles. The van der Waals surface area contributed by atoms with Crippen molar-refractivity contribution in [2.24, 2.45) is 5.73 Å². The molecule has 4 aromatic heterocycles. The summed E-state index contributed by atoms with van der Waals surface area (Å²) in [5.41, 5.74) is 8.83. The molecule has 8 aromatic rings. The third kappa shape index (κ3) is 17.3. The number of rotatable bonds is 13. The van der Waals surface area contributed by atoms with Crippen LogP contribution in [-0.2, 0) is 19.2 Å². The summed E-state index contributed by atoms with van der Waals surface area (Å²) < 4.78 is 26.0. The fraction of sp³-hybridized carbons (Fsp3) is 0.346. The zero-order valence-electron chi connectivity index (χ0n) is 39.6. The number of para-hydroxylation sites is 2. The molecule has 16 heteroatoms. The van der Waals surface area contributed by atoms with Gasteiger partial charge in [0.15, 0.2) is 0 Å². The highest BCUT2D eigenvalue weighted by Gasteiger charge is 2.15. The highest BCUT2D eigenvalue weighted by atomic mass is 32.1. The molecule has 4 heterocycles. The van der Waals surface area contributed by atoms with Crippen molar-refractivity contribution >= 4 is 83.0 Å². The van der Waals surface area contributed by atoms with Crippen LogP contribution in [0.2, 0.25) is 0 Å². The average Bonchev–Trinajstić information content (AvgIpc) is 3.95. The summed E-state index contributed by atoms with van der Waals surface area (Å²) >= 11 is 2.94. The van der Waals surface area contributed by atoms with Gasteiger partial charge in [-0.25, -0.2) is 23.9 Å². The first kappa shape index (κ1) is 55.8. The molecule has 0 radical (unpaired) electrons. The summed E-state index contributed by atoms with van der Waals surface area (Å²) in [6.45, 7) is 18.5. The number of nitrogens with two attached hydrogens (primary N) is 1. The van der Waals surface area contributed by atoms with E-state index in [-0.39, 0.29) is 23.5 Å². The zero-order valence-corrected chi connectivity index (χ0v) is 41.3. The Labute approximate surface area is 403 Å². The van der Waals surface area contributed by atoms with Crippen LogP contribution in [0.4, 0.5) is 10.1 Å². The summed E-state index contributed by atoms with van der Waals surface area (Å²) in [6, 6.07) is 30.5. The standard InChI is InChI=1S/C21H20N2O2S.C16H8FNO2S.C8H19N.C5H13N.2CO2/c1-2-3-6-11-22-15-10-9-14-12-16(21(24)25-18(14)13-15)20-23-17-7-4-5-8-19(17)26-20;17-10-6-5-9-7-11(16(19)20-13(9)8-10)15-18-12-3-1-2-4-14(12)21-15;1-6-9(7(2)3)8(4)5;1-2-3-4-5-6;2*2-1-3/h4-5,7-10,12-13,22H,2-3,6,11H2,1H3;1-8H;7-8H,6H2,1-5H3;2-6H2,1H3;;.